The lowest BCUT2D eigenvalue weighted by atomic mass is 10.0. The van der Waals surface area contributed by atoms with E-state index in [1.807, 2.05) is 0 Å². The molecule has 1 atom stereocenters. The fourth-order valence-corrected chi connectivity index (χ4v) is 2.62. The SMILES string of the molecule is FC1=CC2=Nc3c(Br)cccc3NC2=C(F)C1(F)Br. The van der Waals surface area contributed by atoms with Gasteiger partial charge in [-0.3, -0.25) is 0 Å². The lowest BCUT2D eigenvalue weighted by molar-refractivity contribution is 0.289. The maximum atomic E-state index is 14.0. The van der Waals surface area contributed by atoms with Crippen molar-refractivity contribution in [2.45, 2.75) is 4.58 Å². The first kappa shape index (κ1) is 12.9. The van der Waals surface area contributed by atoms with Crippen molar-refractivity contribution in [3.63, 3.8) is 0 Å². The second-order valence-electron chi connectivity index (χ2n) is 4.01. The number of nitrogens with zero attached hydrogens (tertiary/aromatic N) is 1. The van der Waals surface area contributed by atoms with Gasteiger partial charge in [-0.05, 0) is 44.0 Å². The Morgan fingerprint density at radius 1 is 1.26 bits per heavy atom. The summed E-state index contributed by atoms with van der Waals surface area (Å²) in [6.07, 6.45) is 0.864. The molecule has 0 bridgehead atoms. The molecule has 7 heteroatoms. The summed E-state index contributed by atoms with van der Waals surface area (Å²) in [5, 5.41) is 2.73. The van der Waals surface area contributed by atoms with Crippen molar-refractivity contribution in [3.8, 4) is 0 Å². The fourth-order valence-electron chi connectivity index (χ4n) is 1.85. The Hall–Kier alpha value is -1.08. The average Bonchev–Trinajstić information content (AvgIpc) is 2.36. The van der Waals surface area contributed by atoms with Crippen molar-refractivity contribution < 1.29 is 13.2 Å². The van der Waals surface area contributed by atoms with E-state index in [-0.39, 0.29) is 11.4 Å². The number of halogens is 5. The summed E-state index contributed by atoms with van der Waals surface area (Å²) >= 11 is 5.69. The van der Waals surface area contributed by atoms with E-state index in [2.05, 4.69) is 42.2 Å². The molecule has 2 nitrogen and oxygen atoms in total. The lowest BCUT2D eigenvalue weighted by Gasteiger charge is -2.27. The third-order valence-electron chi connectivity index (χ3n) is 2.79. The highest BCUT2D eigenvalue weighted by Crippen LogP contribution is 2.46. The molecule has 1 heterocycles. The number of nitrogens with one attached hydrogen (secondary N) is 1. The van der Waals surface area contributed by atoms with Crippen molar-refractivity contribution in [2.75, 3.05) is 5.32 Å². The highest BCUT2D eigenvalue weighted by molar-refractivity contribution is 9.10. The maximum absolute atomic E-state index is 14.0. The Labute approximate surface area is 123 Å². The minimum atomic E-state index is -2.93. The number of anilines is 1. The second-order valence-corrected chi connectivity index (χ2v) is 5.96. The molecule has 1 aliphatic carbocycles. The molecule has 98 valence electrons. The first-order valence-corrected chi connectivity index (χ1v) is 6.80. The molecule has 0 spiro atoms. The Kier molecular flexibility index (Phi) is 2.86. The smallest absolute Gasteiger partial charge is 0.268 e. The molecule has 0 fully saturated rings. The summed E-state index contributed by atoms with van der Waals surface area (Å²) < 4.78 is 39.0. The standard InChI is InChI=1S/C12H5Br2F3N2/c13-5-2-1-3-6-9(5)19-7-4-8(15)12(14,17)11(16)10(7)18-6/h1-4,18H. The number of benzene rings is 1. The quantitative estimate of drug-likeness (QED) is 0.612. The molecular formula is C12H5Br2F3N2. The van der Waals surface area contributed by atoms with E-state index in [1.165, 1.54) is 0 Å². The second kappa shape index (κ2) is 4.21. The van der Waals surface area contributed by atoms with E-state index >= 15 is 0 Å². The molecule has 3 rings (SSSR count). The molecule has 2 aliphatic rings. The number of para-hydroxylation sites is 1. The van der Waals surface area contributed by atoms with E-state index in [0.717, 1.165) is 6.08 Å². The number of rotatable bonds is 0. The van der Waals surface area contributed by atoms with Crippen LogP contribution in [-0.2, 0) is 0 Å². The third kappa shape index (κ3) is 1.87. The number of hydrogen-bond donors (Lipinski definition) is 1. The molecular weight excluding hydrogens is 389 g/mol. The van der Waals surface area contributed by atoms with Gasteiger partial charge in [0.05, 0.1) is 11.4 Å². The van der Waals surface area contributed by atoms with Crippen LogP contribution in [0.4, 0.5) is 24.5 Å². The molecule has 1 aliphatic heterocycles. The van der Waals surface area contributed by atoms with Crippen LogP contribution < -0.4 is 5.32 Å². The Balaban J connectivity index is 2.24. The number of fused-ring (bicyclic) bond motifs is 2. The van der Waals surface area contributed by atoms with Crippen LogP contribution in [-0.4, -0.2) is 10.3 Å². The van der Waals surface area contributed by atoms with Gasteiger partial charge in [0, 0.05) is 10.5 Å². The Morgan fingerprint density at radius 2 is 2.00 bits per heavy atom. The molecule has 19 heavy (non-hydrogen) atoms. The molecule has 0 saturated carbocycles. The van der Waals surface area contributed by atoms with Crippen LogP contribution in [0.25, 0.3) is 0 Å². The predicted octanol–water partition coefficient (Wildman–Crippen LogP) is 5.06. The van der Waals surface area contributed by atoms with Crippen LogP contribution >= 0.6 is 31.9 Å². The topological polar surface area (TPSA) is 24.4 Å². The molecule has 1 aromatic rings. The van der Waals surface area contributed by atoms with Gasteiger partial charge in [0.15, 0.2) is 11.7 Å². The predicted molar refractivity (Wildman–Crippen MR) is 75.0 cm³/mol. The van der Waals surface area contributed by atoms with Crippen molar-refractivity contribution >= 4 is 48.9 Å². The zero-order valence-electron chi connectivity index (χ0n) is 9.15. The van der Waals surface area contributed by atoms with Crippen LogP contribution in [0.5, 0.6) is 0 Å². The van der Waals surface area contributed by atoms with Crippen LogP contribution in [0.3, 0.4) is 0 Å². The van der Waals surface area contributed by atoms with Gasteiger partial charge >= 0.3 is 0 Å². The summed E-state index contributed by atoms with van der Waals surface area (Å²) in [4.78, 5) is 4.14. The van der Waals surface area contributed by atoms with Crippen molar-refractivity contribution in [1.29, 1.82) is 0 Å². The van der Waals surface area contributed by atoms with E-state index in [0.29, 0.717) is 15.8 Å². The van der Waals surface area contributed by atoms with Crippen LogP contribution in [0, 0.1) is 0 Å². The van der Waals surface area contributed by atoms with Gasteiger partial charge in [-0.1, -0.05) is 6.07 Å². The zero-order chi connectivity index (χ0) is 13.8. The Bertz CT molecular complexity index is 678. The summed E-state index contributed by atoms with van der Waals surface area (Å²) in [6, 6.07) is 5.15. The van der Waals surface area contributed by atoms with Crippen LogP contribution in [0.1, 0.15) is 0 Å². The zero-order valence-corrected chi connectivity index (χ0v) is 12.3. The van der Waals surface area contributed by atoms with Gasteiger partial charge in [-0.25, -0.2) is 18.2 Å². The summed E-state index contributed by atoms with van der Waals surface area (Å²) in [6.45, 7) is 0. The number of allylic oxidation sites excluding steroid dienone is 3. The first-order valence-electron chi connectivity index (χ1n) is 5.21. The van der Waals surface area contributed by atoms with E-state index in [9.17, 15) is 13.2 Å². The largest absolute Gasteiger partial charge is 0.350 e. The van der Waals surface area contributed by atoms with Gasteiger partial charge in [-0.15, -0.1) is 0 Å². The molecule has 1 unspecified atom stereocenters. The van der Waals surface area contributed by atoms with Crippen LogP contribution in [0.15, 0.2) is 51.1 Å². The van der Waals surface area contributed by atoms with Gasteiger partial charge in [0.25, 0.3) is 4.58 Å². The Morgan fingerprint density at radius 3 is 2.74 bits per heavy atom. The normalized spacial score (nSPS) is 25.1. The van der Waals surface area contributed by atoms with Gasteiger partial charge in [-0.2, -0.15) is 0 Å². The highest BCUT2D eigenvalue weighted by Gasteiger charge is 2.45. The maximum Gasteiger partial charge on any atom is 0.268 e. The minimum absolute atomic E-state index is 0.0159. The van der Waals surface area contributed by atoms with E-state index in [4.69, 9.17) is 0 Å². The third-order valence-corrected chi connectivity index (χ3v) is 4.16. The molecule has 1 aromatic carbocycles. The van der Waals surface area contributed by atoms with Gasteiger partial charge in [0.2, 0.25) is 0 Å². The highest BCUT2D eigenvalue weighted by atomic mass is 79.9. The number of hydrogen-bond acceptors (Lipinski definition) is 2. The van der Waals surface area contributed by atoms with Crippen molar-refractivity contribution in [3.05, 3.63) is 46.1 Å². The summed E-state index contributed by atoms with van der Waals surface area (Å²) in [7, 11) is 0. The number of alkyl halides is 2. The average molecular weight is 394 g/mol. The first-order chi connectivity index (χ1) is 8.91. The summed E-state index contributed by atoms with van der Waals surface area (Å²) in [5.74, 6) is -2.55. The van der Waals surface area contributed by atoms with E-state index in [1.54, 1.807) is 18.2 Å². The van der Waals surface area contributed by atoms with E-state index < -0.39 is 16.2 Å². The fraction of sp³-hybridized carbons (Fsp3) is 0.0833. The van der Waals surface area contributed by atoms with Gasteiger partial charge < -0.3 is 5.32 Å². The molecule has 0 saturated heterocycles. The number of aliphatic imine (C=N–C) groups is 1. The monoisotopic (exact) mass is 392 g/mol. The lowest BCUT2D eigenvalue weighted by Crippen LogP contribution is -2.29. The van der Waals surface area contributed by atoms with Crippen molar-refractivity contribution in [1.82, 2.24) is 0 Å². The molecule has 0 radical (unpaired) electrons. The minimum Gasteiger partial charge on any atom is -0.350 e. The molecule has 0 amide bonds. The van der Waals surface area contributed by atoms with Crippen LogP contribution in [0.2, 0.25) is 0 Å². The molecule has 1 N–H and O–H groups in total. The van der Waals surface area contributed by atoms with Gasteiger partial charge in [0.1, 0.15) is 11.4 Å². The van der Waals surface area contributed by atoms with Crippen molar-refractivity contribution in [2.24, 2.45) is 4.99 Å². The summed E-state index contributed by atoms with van der Waals surface area (Å²) in [5.41, 5.74) is 0.870. The molecule has 0 aromatic heterocycles.